The van der Waals surface area contributed by atoms with Gasteiger partial charge in [-0.3, -0.25) is 0 Å². The van der Waals surface area contributed by atoms with Gasteiger partial charge in [-0.1, -0.05) is 0 Å². The van der Waals surface area contributed by atoms with Crippen molar-refractivity contribution in [3.8, 4) is 5.69 Å². The molecular weight excluding hydrogens is 305 g/mol. The average Bonchev–Trinajstić information content (AvgIpc) is 2.61. The molecule has 1 heterocycles. The van der Waals surface area contributed by atoms with Gasteiger partial charge in [0.2, 0.25) is 0 Å². The summed E-state index contributed by atoms with van der Waals surface area (Å²) in [7, 11) is 0. The molecule has 0 spiro atoms. The van der Waals surface area contributed by atoms with E-state index in [9.17, 15) is 9.18 Å². The molecular formula is C11H9BrFN3O2. The third kappa shape index (κ3) is 2.01. The first-order chi connectivity index (χ1) is 8.41. The van der Waals surface area contributed by atoms with Crippen LogP contribution in [0, 0.1) is 19.7 Å². The molecule has 0 aliphatic rings. The lowest BCUT2D eigenvalue weighted by atomic mass is 10.2. The highest BCUT2D eigenvalue weighted by Crippen LogP contribution is 2.26. The van der Waals surface area contributed by atoms with Crippen LogP contribution in [0.2, 0.25) is 0 Å². The summed E-state index contributed by atoms with van der Waals surface area (Å²) in [5.41, 5.74) is 0.0238. The summed E-state index contributed by atoms with van der Waals surface area (Å²) >= 11 is 2.94. The molecule has 94 valence electrons. The number of carbonyl (C=O) groups is 1. The Morgan fingerprint density at radius 1 is 1.44 bits per heavy atom. The summed E-state index contributed by atoms with van der Waals surface area (Å²) in [6, 6.07) is 2.69. The molecule has 0 aliphatic heterocycles. The summed E-state index contributed by atoms with van der Waals surface area (Å²) in [5.74, 6) is -0.826. The Balaban J connectivity index is 2.64. The monoisotopic (exact) mass is 313 g/mol. The van der Waals surface area contributed by atoms with Crippen molar-refractivity contribution in [2.24, 2.45) is 0 Å². The van der Waals surface area contributed by atoms with Crippen LogP contribution in [0.3, 0.4) is 0 Å². The lowest BCUT2D eigenvalue weighted by Crippen LogP contribution is -2.06. The molecule has 1 aromatic heterocycles. The Morgan fingerprint density at radius 3 is 2.61 bits per heavy atom. The van der Waals surface area contributed by atoms with Crippen LogP contribution < -0.4 is 0 Å². The van der Waals surface area contributed by atoms with E-state index in [-0.39, 0.29) is 15.7 Å². The van der Waals surface area contributed by atoms with E-state index in [4.69, 9.17) is 5.11 Å². The van der Waals surface area contributed by atoms with Crippen LogP contribution in [0.1, 0.15) is 22.0 Å². The molecule has 0 amide bonds. The number of hydrogen-bond donors (Lipinski definition) is 1. The van der Waals surface area contributed by atoms with Crippen molar-refractivity contribution in [2.45, 2.75) is 13.8 Å². The average molecular weight is 314 g/mol. The van der Waals surface area contributed by atoms with E-state index in [2.05, 4.69) is 26.0 Å². The van der Waals surface area contributed by atoms with Crippen molar-refractivity contribution >= 4 is 21.9 Å². The Kier molecular flexibility index (Phi) is 3.16. The van der Waals surface area contributed by atoms with Crippen LogP contribution in [0.15, 0.2) is 16.6 Å². The summed E-state index contributed by atoms with van der Waals surface area (Å²) < 4.78 is 15.3. The van der Waals surface area contributed by atoms with Gasteiger partial charge in [-0.2, -0.15) is 5.10 Å². The van der Waals surface area contributed by atoms with Crippen LogP contribution in [-0.4, -0.2) is 25.8 Å². The highest BCUT2D eigenvalue weighted by molar-refractivity contribution is 9.10. The molecule has 1 N–H and O–H groups in total. The molecule has 0 unspecified atom stereocenters. The number of aromatic nitrogens is 3. The van der Waals surface area contributed by atoms with Crippen LogP contribution in [0.4, 0.5) is 4.39 Å². The third-order valence-corrected chi connectivity index (χ3v) is 3.17. The second-order valence-corrected chi connectivity index (χ2v) is 4.48. The summed E-state index contributed by atoms with van der Waals surface area (Å²) in [5, 5.41) is 12.9. The zero-order chi connectivity index (χ0) is 13.4. The van der Waals surface area contributed by atoms with E-state index in [1.54, 1.807) is 13.8 Å². The van der Waals surface area contributed by atoms with Gasteiger partial charge in [0.1, 0.15) is 17.3 Å². The van der Waals surface area contributed by atoms with Crippen LogP contribution >= 0.6 is 15.9 Å². The highest BCUT2D eigenvalue weighted by atomic mass is 79.9. The molecule has 0 saturated carbocycles. The maximum absolute atomic E-state index is 14.1. The summed E-state index contributed by atoms with van der Waals surface area (Å²) in [6.45, 7) is 3.39. The zero-order valence-corrected chi connectivity index (χ0v) is 11.2. The molecule has 0 atom stereocenters. The van der Waals surface area contributed by atoms with Crippen LogP contribution in [0.5, 0.6) is 0 Å². The molecule has 18 heavy (non-hydrogen) atoms. The Morgan fingerprint density at radius 2 is 2.11 bits per heavy atom. The van der Waals surface area contributed by atoms with Crippen molar-refractivity contribution < 1.29 is 14.3 Å². The number of benzene rings is 1. The lowest BCUT2D eigenvalue weighted by Gasteiger charge is -2.08. The molecule has 2 rings (SSSR count). The van der Waals surface area contributed by atoms with Crippen molar-refractivity contribution in [1.82, 2.24) is 14.8 Å². The number of halogens is 2. The Labute approximate surface area is 110 Å². The van der Waals surface area contributed by atoms with Gasteiger partial charge in [-0.25, -0.2) is 18.9 Å². The number of nitrogens with zero attached hydrogens (tertiary/aromatic N) is 3. The Bertz CT molecular complexity index is 639. The van der Waals surface area contributed by atoms with Gasteiger partial charge >= 0.3 is 5.97 Å². The van der Waals surface area contributed by atoms with E-state index in [1.807, 2.05) is 0 Å². The van der Waals surface area contributed by atoms with Gasteiger partial charge < -0.3 is 5.11 Å². The minimum atomic E-state index is -1.20. The zero-order valence-electron chi connectivity index (χ0n) is 9.61. The Hall–Kier alpha value is -1.76. The smallest absolute Gasteiger partial charge is 0.336 e. The van der Waals surface area contributed by atoms with Gasteiger partial charge in [-0.05, 0) is 41.9 Å². The SMILES string of the molecule is Cc1nc(C)n(-c2ccc(C(=O)O)c(Br)c2F)n1. The second kappa shape index (κ2) is 4.49. The molecule has 0 fully saturated rings. The van der Waals surface area contributed by atoms with Crippen molar-refractivity contribution in [1.29, 1.82) is 0 Å². The normalized spacial score (nSPS) is 10.7. The van der Waals surface area contributed by atoms with E-state index < -0.39 is 11.8 Å². The lowest BCUT2D eigenvalue weighted by molar-refractivity contribution is 0.0695. The number of carboxylic acids is 1. The number of rotatable bonds is 2. The fraction of sp³-hybridized carbons (Fsp3) is 0.182. The summed E-state index contributed by atoms with van der Waals surface area (Å²) in [6.07, 6.45) is 0. The predicted octanol–water partition coefficient (Wildman–Crippen LogP) is 2.48. The fourth-order valence-corrected chi connectivity index (χ4v) is 2.12. The fourth-order valence-electron chi connectivity index (χ4n) is 1.62. The van der Waals surface area contributed by atoms with E-state index in [1.165, 1.54) is 16.8 Å². The predicted molar refractivity (Wildman–Crippen MR) is 65.5 cm³/mol. The van der Waals surface area contributed by atoms with E-state index in [0.29, 0.717) is 11.6 Å². The molecule has 0 radical (unpaired) electrons. The van der Waals surface area contributed by atoms with E-state index in [0.717, 1.165) is 0 Å². The molecule has 7 heteroatoms. The first kappa shape index (κ1) is 12.7. The maximum Gasteiger partial charge on any atom is 0.336 e. The topological polar surface area (TPSA) is 68.0 Å². The number of aryl methyl sites for hydroxylation is 2. The van der Waals surface area contributed by atoms with Gasteiger partial charge in [-0.15, -0.1) is 0 Å². The van der Waals surface area contributed by atoms with E-state index >= 15 is 0 Å². The summed E-state index contributed by atoms with van der Waals surface area (Å²) in [4.78, 5) is 14.9. The van der Waals surface area contributed by atoms with Gasteiger partial charge in [0.25, 0.3) is 0 Å². The standard InChI is InChI=1S/C11H9BrFN3O2/c1-5-14-6(2)16(15-5)8-4-3-7(11(17)18)9(12)10(8)13/h3-4H,1-2H3,(H,17,18). The molecule has 1 aromatic carbocycles. The minimum Gasteiger partial charge on any atom is -0.478 e. The minimum absolute atomic E-state index is 0.0972. The first-order valence-corrected chi connectivity index (χ1v) is 5.83. The van der Waals surface area contributed by atoms with Crippen molar-refractivity contribution in [2.75, 3.05) is 0 Å². The van der Waals surface area contributed by atoms with Crippen molar-refractivity contribution in [3.63, 3.8) is 0 Å². The molecule has 2 aromatic rings. The largest absolute Gasteiger partial charge is 0.478 e. The van der Waals surface area contributed by atoms with Gasteiger partial charge in [0.05, 0.1) is 10.0 Å². The molecule has 0 bridgehead atoms. The molecule has 0 saturated heterocycles. The van der Waals surface area contributed by atoms with Crippen molar-refractivity contribution in [3.05, 3.63) is 39.6 Å². The number of carboxylic acid groups (broad SMARTS) is 1. The van der Waals surface area contributed by atoms with Gasteiger partial charge in [0.15, 0.2) is 5.82 Å². The highest BCUT2D eigenvalue weighted by Gasteiger charge is 2.18. The third-order valence-electron chi connectivity index (χ3n) is 2.40. The maximum atomic E-state index is 14.1. The second-order valence-electron chi connectivity index (χ2n) is 3.68. The number of hydrogen-bond acceptors (Lipinski definition) is 3. The molecule has 0 aliphatic carbocycles. The van der Waals surface area contributed by atoms with Crippen LogP contribution in [-0.2, 0) is 0 Å². The quantitative estimate of drug-likeness (QED) is 0.925. The van der Waals surface area contributed by atoms with Gasteiger partial charge in [0, 0.05) is 0 Å². The number of aromatic carboxylic acids is 1. The molecule has 5 nitrogen and oxygen atoms in total. The first-order valence-electron chi connectivity index (χ1n) is 5.03. The van der Waals surface area contributed by atoms with Crippen LogP contribution in [0.25, 0.3) is 5.69 Å².